The van der Waals surface area contributed by atoms with E-state index in [0.717, 1.165) is 30.0 Å². The SMILES string of the molecule is COc1ccc(Cl)cc1C1CCC(Cl)C1. The number of ether oxygens (including phenoxy) is 1. The molecule has 0 N–H and O–H groups in total. The molecule has 15 heavy (non-hydrogen) atoms. The fourth-order valence-electron chi connectivity index (χ4n) is 2.23. The van der Waals surface area contributed by atoms with E-state index in [-0.39, 0.29) is 0 Å². The van der Waals surface area contributed by atoms with Crippen LogP contribution in [0.5, 0.6) is 5.75 Å². The highest BCUT2D eigenvalue weighted by Gasteiger charge is 2.26. The highest BCUT2D eigenvalue weighted by atomic mass is 35.5. The summed E-state index contributed by atoms with van der Waals surface area (Å²) in [6.45, 7) is 0. The summed E-state index contributed by atoms with van der Waals surface area (Å²) in [6.07, 6.45) is 3.24. The molecule has 1 nitrogen and oxygen atoms in total. The zero-order valence-corrected chi connectivity index (χ0v) is 10.2. The lowest BCUT2D eigenvalue weighted by Crippen LogP contribution is -1.98. The van der Waals surface area contributed by atoms with Crippen LogP contribution in [0.2, 0.25) is 5.02 Å². The van der Waals surface area contributed by atoms with E-state index in [9.17, 15) is 0 Å². The molecule has 2 rings (SSSR count). The number of rotatable bonds is 2. The number of alkyl halides is 1. The Hall–Kier alpha value is -0.400. The average Bonchev–Trinajstić information content (AvgIpc) is 2.65. The molecule has 0 heterocycles. The fourth-order valence-corrected chi connectivity index (χ4v) is 2.75. The summed E-state index contributed by atoms with van der Waals surface area (Å²) < 4.78 is 5.35. The zero-order valence-electron chi connectivity index (χ0n) is 8.67. The minimum Gasteiger partial charge on any atom is -0.496 e. The lowest BCUT2D eigenvalue weighted by Gasteiger charge is -2.14. The van der Waals surface area contributed by atoms with Gasteiger partial charge in [-0.2, -0.15) is 0 Å². The summed E-state index contributed by atoms with van der Waals surface area (Å²) in [7, 11) is 1.69. The third-order valence-corrected chi connectivity index (χ3v) is 3.63. The fraction of sp³-hybridized carbons (Fsp3) is 0.500. The van der Waals surface area contributed by atoms with Crippen LogP contribution < -0.4 is 4.74 Å². The second kappa shape index (κ2) is 4.63. The van der Waals surface area contributed by atoms with Crippen molar-refractivity contribution in [2.75, 3.05) is 7.11 Å². The van der Waals surface area contributed by atoms with Gasteiger partial charge in [-0.05, 0) is 48.9 Å². The van der Waals surface area contributed by atoms with E-state index < -0.39 is 0 Å². The Kier molecular flexibility index (Phi) is 3.42. The van der Waals surface area contributed by atoms with E-state index in [1.165, 1.54) is 5.56 Å². The molecule has 0 saturated heterocycles. The van der Waals surface area contributed by atoms with Crippen LogP contribution in [0.3, 0.4) is 0 Å². The minimum atomic E-state index is 0.304. The quantitative estimate of drug-likeness (QED) is 0.708. The van der Waals surface area contributed by atoms with Gasteiger partial charge in [0.25, 0.3) is 0 Å². The number of hydrogen-bond donors (Lipinski definition) is 0. The molecular weight excluding hydrogens is 231 g/mol. The van der Waals surface area contributed by atoms with Crippen molar-refractivity contribution in [3.05, 3.63) is 28.8 Å². The second-order valence-corrected chi connectivity index (χ2v) is 5.05. The third-order valence-electron chi connectivity index (χ3n) is 3.00. The van der Waals surface area contributed by atoms with Crippen molar-refractivity contribution in [2.24, 2.45) is 0 Å². The van der Waals surface area contributed by atoms with Crippen LogP contribution in [-0.4, -0.2) is 12.5 Å². The Labute approximate surface area is 100 Å². The Morgan fingerprint density at radius 2 is 2.13 bits per heavy atom. The van der Waals surface area contributed by atoms with Crippen LogP contribution in [-0.2, 0) is 0 Å². The molecule has 0 aromatic heterocycles. The summed E-state index contributed by atoms with van der Waals surface area (Å²) >= 11 is 12.1. The summed E-state index contributed by atoms with van der Waals surface area (Å²) in [5.41, 5.74) is 1.20. The Morgan fingerprint density at radius 1 is 1.33 bits per heavy atom. The highest BCUT2D eigenvalue weighted by molar-refractivity contribution is 6.30. The predicted octanol–water partition coefficient (Wildman–Crippen LogP) is 4.22. The number of benzene rings is 1. The van der Waals surface area contributed by atoms with Gasteiger partial charge in [0.1, 0.15) is 5.75 Å². The first kappa shape index (κ1) is 11.1. The van der Waals surface area contributed by atoms with Crippen LogP contribution in [0.4, 0.5) is 0 Å². The molecule has 0 bridgehead atoms. The zero-order chi connectivity index (χ0) is 10.8. The largest absolute Gasteiger partial charge is 0.496 e. The van der Waals surface area contributed by atoms with Gasteiger partial charge in [-0.25, -0.2) is 0 Å². The van der Waals surface area contributed by atoms with E-state index in [0.29, 0.717) is 11.3 Å². The van der Waals surface area contributed by atoms with Crippen molar-refractivity contribution in [1.82, 2.24) is 0 Å². The van der Waals surface area contributed by atoms with Gasteiger partial charge in [0.15, 0.2) is 0 Å². The third kappa shape index (κ3) is 2.40. The Morgan fingerprint density at radius 3 is 2.73 bits per heavy atom. The number of hydrogen-bond acceptors (Lipinski definition) is 1. The highest BCUT2D eigenvalue weighted by Crippen LogP contribution is 2.41. The van der Waals surface area contributed by atoms with Crippen molar-refractivity contribution >= 4 is 23.2 Å². The maximum absolute atomic E-state index is 6.12. The molecule has 0 amide bonds. The second-order valence-electron chi connectivity index (χ2n) is 3.99. The van der Waals surface area contributed by atoms with Crippen molar-refractivity contribution in [1.29, 1.82) is 0 Å². The van der Waals surface area contributed by atoms with Gasteiger partial charge in [-0.15, -0.1) is 11.6 Å². The molecule has 1 saturated carbocycles. The summed E-state index contributed by atoms with van der Waals surface area (Å²) in [5.74, 6) is 1.43. The van der Waals surface area contributed by atoms with Crippen LogP contribution in [0.15, 0.2) is 18.2 Å². The molecule has 0 radical (unpaired) electrons. The molecule has 2 unspecified atom stereocenters. The van der Waals surface area contributed by atoms with Crippen LogP contribution in [0.25, 0.3) is 0 Å². The number of halogens is 2. The molecule has 0 aliphatic heterocycles. The Bertz CT molecular complexity index is 351. The topological polar surface area (TPSA) is 9.23 Å². The predicted molar refractivity (Wildman–Crippen MR) is 64.2 cm³/mol. The lowest BCUT2D eigenvalue weighted by atomic mass is 9.97. The van der Waals surface area contributed by atoms with Gasteiger partial charge >= 0.3 is 0 Å². The molecule has 1 aliphatic carbocycles. The van der Waals surface area contributed by atoms with Crippen LogP contribution in [0.1, 0.15) is 30.7 Å². The summed E-state index contributed by atoms with van der Waals surface area (Å²) in [4.78, 5) is 0. The molecule has 1 aliphatic rings. The average molecular weight is 245 g/mol. The Balaban J connectivity index is 2.29. The standard InChI is InChI=1S/C12H14Cl2O/c1-15-12-5-4-10(14)7-11(12)8-2-3-9(13)6-8/h4-5,7-9H,2-3,6H2,1H3. The number of methoxy groups -OCH3 is 1. The van der Waals surface area contributed by atoms with Crippen molar-refractivity contribution in [3.63, 3.8) is 0 Å². The first-order chi connectivity index (χ1) is 7.20. The lowest BCUT2D eigenvalue weighted by molar-refractivity contribution is 0.405. The van der Waals surface area contributed by atoms with Gasteiger partial charge in [-0.1, -0.05) is 11.6 Å². The van der Waals surface area contributed by atoms with E-state index >= 15 is 0 Å². The minimum absolute atomic E-state index is 0.304. The van der Waals surface area contributed by atoms with Crippen LogP contribution >= 0.6 is 23.2 Å². The van der Waals surface area contributed by atoms with E-state index in [2.05, 4.69) is 0 Å². The van der Waals surface area contributed by atoms with Gasteiger partial charge in [0.05, 0.1) is 7.11 Å². The molecule has 1 aromatic rings. The molecular formula is C12H14Cl2O. The van der Waals surface area contributed by atoms with E-state index in [1.807, 2.05) is 18.2 Å². The van der Waals surface area contributed by atoms with Gasteiger partial charge < -0.3 is 4.74 Å². The molecule has 82 valence electrons. The van der Waals surface area contributed by atoms with Gasteiger partial charge in [0.2, 0.25) is 0 Å². The van der Waals surface area contributed by atoms with Gasteiger partial charge in [0, 0.05) is 10.4 Å². The maximum atomic E-state index is 6.12. The monoisotopic (exact) mass is 244 g/mol. The van der Waals surface area contributed by atoms with Crippen molar-refractivity contribution in [2.45, 2.75) is 30.6 Å². The molecule has 3 heteroatoms. The van der Waals surface area contributed by atoms with Gasteiger partial charge in [-0.3, -0.25) is 0 Å². The smallest absolute Gasteiger partial charge is 0.122 e. The van der Waals surface area contributed by atoms with Crippen LogP contribution in [0, 0.1) is 0 Å². The normalized spacial score (nSPS) is 25.5. The summed E-state index contributed by atoms with van der Waals surface area (Å²) in [6, 6.07) is 5.79. The molecule has 2 atom stereocenters. The summed E-state index contributed by atoms with van der Waals surface area (Å²) in [5, 5.41) is 1.07. The molecule has 0 spiro atoms. The maximum Gasteiger partial charge on any atom is 0.122 e. The molecule has 1 aromatic carbocycles. The van der Waals surface area contributed by atoms with Crippen molar-refractivity contribution < 1.29 is 4.74 Å². The van der Waals surface area contributed by atoms with E-state index in [1.54, 1.807) is 7.11 Å². The first-order valence-corrected chi connectivity index (χ1v) is 5.99. The first-order valence-electron chi connectivity index (χ1n) is 5.18. The van der Waals surface area contributed by atoms with Crippen molar-refractivity contribution in [3.8, 4) is 5.75 Å². The molecule has 1 fully saturated rings. The van der Waals surface area contributed by atoms with E-state index in [4.69, 9.17) is 27.9 Å².